The average Bonchev–Trinajstić information content (AvgIpc) is 2.60. The SMILES string of the molecule is CCCCCCc1coc(CC)n1. The fourth-order valence-corrected chi connectivity index (χ4v) is 1.36. The number of nitrogens with zero attached hydrogens (tertiary/aromatic N) is 1. The molecule has 2 heteroatoms. The highest BCUT2D eigenvalue weighted by molar-refractivity contribution is 4.96. The second-order valence-electron chi connectivity index (χ2n) is 3.40. The van der Waals surface area contributed by atoms with Crippen LogP contribution in [0, 0.1) is 0 Å². The Bertz CT molecular complexity index is 230. The topological polar surface area (TPSA) is 26.0 Å². The second-order valence-corrected chi connectivity index (χ2v) is 3.40. The third kappa shape index (κ3) is 3.62. The average molecular weight is 181 g/mol. The molecule has 0 atom stereocenters. The van der Waals surface area contributed by atoms with E-state index in [0.717, 1.165) is 24.4 Å². The standard InChI is InChI=1S/C11H19NO/c1-3-5-6-7-8-10-9-13-11(4-2)12-10/h9H,3-8H2,1-2H3. The van der Waals surface area contributed by atoms with Crippen molar-refractivity contribution in [2.75, 3.05) is 0 Å². The Balaban J connectivity index is 2.20. The lowest BCUT2D eigenvalue weighted by Gasteiger charge is -1.94. The molecule has 2 nitrogen and oxygen atoms in total. The van der Waals surface area contributed by atoms with Gasteiger partial charge in [-0.05, 0) is 12.8 Å². The Morgan fingerprint density at radius 2 is 2.08 bits per heavy atom. The molecule has 0 unspecified atom stereocenters. The van der Waals surface area contributed by atoms with E-state index in [2.05, 4.69) is 18.8 Å². The van der Waals surface area contributed by atoms with Crippen molar-refractivity contribution in [2.45, 2.75) is 52.4 Å². The molecule has 13 heavy (non-hydrogen) atoms. The van der Waals surface area contributed by atoms with E-state index in [1.807, 2.05) is 0 Å². The minimum absolute atomic E-state index is 0.866. The van der Waals surface area contributed by atoms with E-state index in [9.17, 15) is 0 Å². The summed E-state index contributed by atoms with van der Waals surface area (Å²) in [6.45, 7) is 4.29. The second kappa shape index (κ2) is 5.79. The van der Waals surface area contributed by atoms with E-state index in [1.165, 1.54) is 25.7 Å². The summed E-state index contributed by atoms with van der Waals surface area (Å²) in [6, 6.07) is 0. The normalized spacial score (nSPS) is 10.6. The van der Waals surface area contributed by atoms with Gasteiger partial charge in [0.15, 0.2) is 5.89 Å². The van der Waals surface area contributed by atoms with E-state index < -0.39 is 0 Å². The maximum Gasteiger partial charge on any atom is 0.193 e. The molecule has 0 aliphatic rings. The fraction of sp³-hybridized carbons (Fsp3) is 0.727. The van der Waals surface area contributed by atoms with Crippen LogP contribution in [-0.2, 0) is 12.8 Å². The van der Waals surface area contributed by atoms with Crippen molar-refractivity contribution in [3.63, 3.8) is 0 Å². The predicted octanol–water partition coefficient (Wildman–Crippen LogP) is 3.36. The van der Waals surface area contributed by atoms with E-state index in [4.69, 9.17) is 4.42 Å². The van der Waals surface area contributed by atoms with Crippen LogP contribution in [0.15, 0.2) is 10.7 Å². The lowest BCUT2D eigenvalue weighted by atomic mass is 10.1. The van der Waals surface area contributed by atoms with Gasteiger partial charge in [-0.2, -0.15) is 0 Å². The Labute approximate surface area is 80.4 Å². The summed E-state index contributed by atoms with van der Waals surface area (Å²) in [5, 5.41) is 0. The van der Waals surface area contributed by atoms with Crippen LogP contribution in [0.25, 0.3) is 0 Å². The molecular weight excluding hydrogens is 162 g/mol. The molecule has 0 radical (unpaired) electrons. The minimum atomic E-state index is 0.866. The Hall–Kier alpha value is -0.790. The van der Waals surface area contributed by atoms with Gasteiger partial charge in [-0.25, -0.2) is 4.98 Å². The van der Waals surface area contributed by atoms with Gasteiger partial charge in [-0.3, -0.25) is 0 Å². The monoisotopic (exact) mass is 181 g/mol. The molecule has 0 saturated heterocycles. The smallest absolute Gasteiger partial charge is 0.193 e. The summed E-state index contributed by atoms with van der Waals surface area (Å²) in [6.07, 6.45) is 8.94. The molecule has 0 spiro atoms. The number of aromatic nitrogens is 1. The van der Waals surface area contributed by atoms with Gasteiger partial charge >= 0.3 is 0 Å². The van der Waals surface area contributed by atoms with Crippen LogP contribution < -0.4 is 0 Å². The van der Waals surface area contributed by atoms with Crippen LogP contribution >= 0.6 is 0 Å². The number of oxazole rings is 1. The number of hydrogen-bond acceptors (Lipinski definition) is 2. The molecule has 0 aliphatic heterocycles. The molecule has 0 N–H and O–H groups in total. The van der Waals surface area contributed by atoms with Gasteiger partial charge in [-0.15, -0.1) is 0 Å². The van der Waals surface area contributed by atoms with Gasteiger partial charge in [0.1, 0.15) is 6.26 Å². The number of hydrogen-bond donors (Lipinski definition) is 0. The molecular formula is C11H19NO. The van der Waals surface area contributed by atoms with Gasteiger partial charge in [0.25, 0.3) is 0 Å². The molecule has 74 valence electrons. The van der Waals surface area contributed by atoms with Gasteiger partial charge in [-0.1, -0.05) is 33.1 Å². The van der Waals surface area contributed by atoms with Crippen molar-refractivity contribution in [1.82, 2.24) is 4.98 Å². The van der Waals surface area contributed by atoms with Gasteiger partial charge in [0.05, 0.1) is 5.69 Å². The summed E-state index contributed by atoms with van der Waals surface area (Å²) in [5.74, 6) is 0.866. The van der Waals surface area contributed by atoms with E-state index in [-0.39, 0.29) is 0 Å². The maximum atomic E-state index is 5.26. The largest absolute Gasteiger partial charge is 0.449 e. The molecule has 0 aromatic carbocycles. The highest BCUT2D eigenvalue weighted by Crippen LogP contribution is 2.08. The first kappa shape index (κ1) is 10.3. The number of rotatable bonds is 6. The fourth-order valence-electron chi connectivity index (χ4n) is 1.36. The zero-order valence-corrected chi connectivity index (χ0v) is 8.68. The lowest BCUT2D eigenvalue weighted by molar-refractivity contribution is 0.501. The lowest BCUT2D eigenvalue weighted by Crippen LogP contribution is -1.87. The molecule has 0 amide bonds. The third-order valence-electron chi connectivity index (χ3n) is 2.19. The van der Waals surface area contributed by atoms with E-state index in [1.54, 1.807) is 6.26 Å². The van der Waals surface area contributed by atoms with Gasteiger partial charge < -0.3 is 4.42 Å². The van der Waals surface area contributed by atoms with Crippen molar-refractivity contribution < 1.29 is 4.42 Å². The highest BCUT2D eigenvalue weighted by Gasteiger charge is 2.00. The summed E-state index contributed by atoms with van der Waals surface area (Å²) in [4.78, 5) is 4.36. The zero-order valence-electron chi connectivity index (χ0n) is 8.68. The summed E-state index contributed by atoms with van der Waals surface area (Å²) in [5.41, 5.74) is 1.12. The van der Waals surface area contributed by atoms with Crippen molar-refractivity contribution in [3.05, 3.63) is 17.8 Å². The summed E-state index contributed by atoms with van der Waals surface area (Å²) in [7, 11) is 0. The first-order valence-electron chi connectivity index (χ1n) is 5.30. The zero-order chi connectivity index (χ0) is 9.52. The molecule has 1 heterocycles. The van der Waals surface area contributed by atoms with Crippen molar-refractivity contribution in [2.24, 2.45) is 0 Å². The van der Waals surface area contributed by atoms with Crippen molar-refractivity contribution in [1.29, 1.82) is 0 Å². The molecule has 1 aromatic heterocycles. The van der Waals surface area contributed by atoms with Crippen molar-refractivity contribution in [3.8, 4) is 0 Å². The van der Waals surface area contributed by atoms with Crippen LogP contribution in [0.2, 0.25) is 0 Å². The number of aryl methyl sites for hydroxylation is 2. The van der Waals surface area contributed by atoms with E-state index in [0.29, 0.717) is 0 Å². The first-order valence-corrected chi connectivity index (χ1v) is 5.30. The Morgan fingerprint density at radius 3 is 2.69 bits per heavy atom. The van der Waals surface area contributed by atoms with Crippen LogP contribution in [0.4, 0.5) is 0 Å². The quantitative estimate of drug-likeness (QED) is 0.629. The highest BCUT2D eigenvalue weighted by atomic mass is 16.3. The van der Waals surface area contributed by atoms with Gasteiger partial charge in [0.2, 0.25) is 0 Å². The predicted molar refractivity (Wildman–Crippen MR) is 53.7 cm³/mol. The third-order valence-corrected chi connectivity index (χ3v) is 2.19. The molecule has 0 fully saturated rings. The van der Waals surface area contributed by atoms with Gasteiger partial charge in [0, 0.05) is 6.42 Å². The van der Waals surface area contributed by atoms with Crippen LogP contribution in [-0.4, -0.2) is 4.98 Å². The summed E-state index contributed by atoms with van der Waals surface area (Å²) < 4.78 is 5.26. The molecule has 1 aromatic rings. The first-order chi connectivity index (χ1) is 6.36. The minimum Gasteiger partial charge on any atom is -0.449 e. The molecule has 0 bridgehead atoms. The number of unbranched alkanes of at least 4 members (excludes halogenated alkanes) is 3. The molecule has 0 saturated carbocycles. The van der Waals surface area contributed by atoms with Crippen LogP contribution in [0.1, 0.15) is 51.1 Å². The van der Waals surface area contributed by atoms with Crippen LogP contribution in [0.5, 0.6) is 0 Å². The van der Waals surface area contributed by atoms with E-state index >= 15 is 0 Å². The van der Waals surface area contributed by atoms with Crippen molar-refractivity contribution >= 4 is 0 Å². The maximum absolute atomic E-state index is 5.26. The molecule has 0 aliphatic carbocycles. The Kier molecular flexibility index (Phi) is 4.58. The summed E-state index contributed by atoms with van der Waals surface area (Å²) >= 11 is 0. The Morgan fingerprint density at radius 1 is 1.23 bits per heavy atom. The molecule has 1 rings (SSSR count). The van der Waals surface area contributed by atoms with Crippen LogP contribution in [0.3, 0.4) is 0 Å².